The molecule has 0 aromatic carbocycles. The molecule has 38 heavy (non-hydrogen) atoms. The summed E-state index contributed by atoms with van der Waals surface area (Å²) < 4.78 is 75.4. The standard InChI is InChI=1S/C18H27N3O3.2C2HF3O2/c1-15(2)17(22)21-7-9-24-18(13-21)12-20(6-8-23-14-18)11-16-4-3-5-19-10-16;2*3-2(4,5)1(6)7/h3-5,10,15H,6-9,11-14H2,1-2H3;2*(H,6,7). The summed E-state index contributed by atoms with van der Waals surface area (Å²) in [7, 11) is 0. The summed E-state index contributed by atoms with van der Waals surface area (Å²) in [4.78, 5) is 38.6. The number of carbonyl (C=O) groups excluding carboxylic acids is 1. The van der Waals surface area contributed by atoms with E-state index < -0.39 is 29.9 Å². The first-order chi connectivity index (χ1) is 17.5. The molecule has 1 aromatic rings. The highest BCUT2D eigenvalue weighted by atomic mass is 19.4. The number of rotatable bonds is 3. The Hall–Kier alpha value is -2.98. The van der Waals surface area contributed by atoms with Gasteiger partial charge < -0.3 is 24.6 Å². The SMILES string of the molecule is CC(C)C(=O)N1CCOC2(COCCN(Cc3cccnc3)C2)C1.O=C(O)C(F)(F)F.O=C(O)C(F)(F)F. The summed E-state index contributed by atoms with van der Waals surface area (Å²) in [6, 6.07) is 4.04. The van der Waals surface area contributed by atoms with Gasteiger partial charge >= 0.3 is 24.3 Å². The van der Waals surface area contributed by atoms with Crippen LogP contribution in [-0.4, -0.2) is 107 Å². The summed E-state index contributed by atoms with van der Waals surface area (Å²) in [6.07, 6.45) is -6.48. The molecule has 0 bridgehead atoms. The quantitative estimate of drug-likeness (QED) is 0.535. The van der Waals surface area contributed by atoms with Crippen molar-refractivity contribution in [3.05, 3.63) is 30.1 Å². The third-order valence-corrected chi connectivity index (χ3v) is 5.10. The molecular weight excluding hydrogens is 532 g/mol. The summed E-state index contributed by atoms with van der Waals surface area (Å²) in [5.41, 5.74) is 0.752. The Morgan fingerprint density at radius 3 is 2.08 bits per heavy atom. The van der Waals surface area contributed by atoms with E-state index in [1.54, 1.807) is 6.20 Å². The van der Waals surface area contributed by atoms with Gasteiger partial charge in [-0.25, -0.2) is 9.59 Å². The Morgan fingerprint density at radius 2 is 1.61 bits per heavy atom. The molecule has 2 fully saturated rings. The molecule has 2 aliphatic rings. The predicted molar refractivity (Wildman–Crippen MR) is 118 cm³/mol. The molecule has 16 heteroatoms. The van der Waals surface area contributed by atoms with Crippen LogP contribution in [0, 0.1) is 5.92 Å². The number of hydrogen-bond acceptors (Lipinski definition) is 7. The van der Waals surface area contributed by atoms with E-state index in [1.807, 2.05) is 31.0 Å². The molecule has 216 valence electrons. The number of carboxylic acids is 2. The van der Waals surface area contributed by atoms with Gasteiger partial charge in [0, 0.05) is 44.5 Å². The summed E-state index contributed by atoms with van der Waals surface area (Å²) in [5.74, 6) is -5.31. The largest absolute Gasteiger partial charge is 0.490 e. The maximum atomic E-state index is 12.4. The molecule has 0 radical (unpaired) electrons. The van der Waals surface area contributed by atoms with Gasteiger partial charge in [-0.2, -0.15) is 26.3 Å². The number of carboxylic acid groups (broad SMARTS) is 2. The second-order valence-corrected chi connectivity index (χ2v) is 8.68. The molecule has 3 heterocycles. The van der Waals surface area contributed by atoms with Crippen LogP contribution in [0.15, 0.2) is 24.5 Å². The molecule has 0 aliphatic carbocycles. The van der Waals surface area contributed by atoms with Gasteiger partial charge in [0.2, 0.25) is 5.91 Å². The van der Waals surface area contributed by atoms with Crippen molar-refractivity contribution in [2.24, 2.45) is 5.92 Å². The van der Waals surface area contributed by atoms with Gasteiger partial charge in [-0.3, -0.25) is 14.7 Å². The molecule has 3 rings (SSSR count). The number of carbonyl (C=O) groups is 3. The van der Waals surface area contributed by atoms with E-state index in [1.165, 1.54) is 5.56 Å². The molecule has 1 unspecified atom stereocenters. The lowest BCUT2D eigenvalue weighted by atomic mass is 10.0. The van der Waals surface area contributed by atoms with Crippen LogP contribution < -0.4 is 0 Å². The maximum Gasteiger partial charge on any atom is 0.490 e. The Morgan fingerprint density at radius 1 is 1.03 bits per heavy atom. The predicted octanol–water partition coefficient (Wildman–Crippen LogP) is 2.43. The minimum Gasteiger partial charge on any atom is -0.475 e. The van der Waals surface area contributed by atoms with Gasteiger partial charge in [-0.05, 0) is 11.6 Å². The van der Waals surface area contributed by atoms with Crippen LogP contribution in [0.4, 0.5) is 26.3 Å². The Kier molecular flexibility index (Phi) is 12.4. The third-order valence-electron chi connectivity index (χ3n) is 5.10. The van der Waals surface area contributed by atoms with Gasteiger partial charge in [0.1, 0.15) is 5.60 Å². The average molecular weight is 561 g/mol. The van der Waals surface area contributed by atoms with Crippen LogP contribution in [0.25, 0.3) is 0 Å². The van der Waals surface area contributed by atoms with Crippen molar-refractivity contribution >= 4 is 17.8 Å². The van der Waals surface area contributed by atoms with Gasteiger partial charge in [0.05, 0.1) is 26.4 Å². The highest BCUT2D eigenvalue weighted by Crippen LogP contribution is 2.24. The van der Waals surface area contributed by atoms with E-state index in [0.29, 0.717) is 32.9 Å². The fourth-order valence-electron chi connectivity index (χ4n) is 3.45. The number of alkyl halides is 6. The number of aromatic nitrogens is 1. The van der Waals surface area contributed by atoms with Crippen LogP contribution in [0.2, 0.25) is 0 Å². The highest BCUT2D eigenvalue weighted by Gasteiger charge is 2.42. The van der Waals surface area contributed by atoms with Gasteiger partial charge in [0.15, 0.2) is 0 Å². The van der Waals surface area contributed by atoms with Crippen LogP contribution in [0.3, 0.4) is 0 Å². The fourth-order valence-corrected chi connectivity index (χ4v) is 3.45. The lowest BCUT2D eigenvalue weighted by molar-refractivity contribution is -0.193. The Bertz CT molecular complexity index is 891. The summed E-state index contributed by atoms with van der Waals surface area (Å²) in [6.45, 7) is 9.41. The molecule has 2 saturated heterocycles. The normalized spacial score (nSPS) is 20.5. The van der Waals surface area contributed by atoms with Crippen molar-refractivity contribution in [3.8, 4) is 0 Å². The minimum absolute atomic E-state index is 0.0124. The van der Waals surface area contributed by atoms with Crippen molar-refractivity contribution < 1.29 is 60.4 Å². The Labute approximate surface area is 214 Å². The maximum absolute atomic E-state index is 12.4. The van der Waals surface area contributed by atoms with E-state index in [0.717, 1.165) is 19.6 Å². The lowest BCUT2D eigenvalue weighted by Gasteiger charge is -2.43. The molecule has 1 spiro atoms. The average Bonchev–Trinajstić information content (AvgIpc) is 3.00. The van der Waals surface area contributed by atoms with Crippen LogP contribution in [0.1, 0.15) is 19.4 Å². The van der Waals surface area contributed by atoms with Gasteiger partial charge in [-0.1, -0.05) is 19.9 Å². The number of aliphatic carboxylic acids is 2. The number of ether oxygens (including phenoxy) is 2. The topological polar surface area (TPSA) is 130 Å². The van der Waals surface area contributed by atoms with E-state index in [4.69, 9.17) is 29.3 Å². The van der Waals surface area contributed by atoms with Gasteiger partial charge in [-0.15, -0.1) is 0 Å². The second kappa shape index (κ2) is 14.2. The van der Waals surface area contributed by atoms with E-state index in [9.17, 15) is 31.1 Å². The van der Waals surface area contributed by atoms with Crippen molar-refractivity contribution in [1.29, 1.82) is 0 Å². The van der Waals surface area contributed by atoms with Crippen LogP contribution in [0.5, 0.6) is 0 Å². The van der Waals surface area contributed by atoms with Crippen molar-refractivity contribution in [3.63, 3.8) is 0 Å². The minimum atomic E-state index is -5.08. The van der Waals surface area contributed by atoms with Crippen LogP contribution >= 0.6 is 0 Å². The molecule has 2 N–H and O–H groups in total. The first-order valence-electron chi connectivity index (χ1n) is 11.2. The molecule has 1 aromatic heterocycles. The van der Waals surface area contributed by atoms with E-state index in [2.05, 4.69) is 16.0 Å². The first kappa shape index (κ1) is 33.0. The number of morpholine rings is 1. The number of pyridine rings is 1. The van der Waals surface area contributed by atoms with Crippen molar-refractivity contribution in [2.75, 3.05) is 46.0 Å². The summed E-state index contributed by atoms with van der Waals surface area (Å²) >= 11 is 0. The monoisotopic (exact) mass is 561 g/mol. The zero-order chi connectivity index (χ0) is 29.1. The molecule has 1 amide bonds. The smallest absolute Gasteiger partial charge is 0.475 e. The zero-order valence-electron chi connectivity index (χ0n) is 20.6. The van der Waals surface area contributed by atoms with E-state index in [-0.39, 0.29) is 11.8 Å². The third kappa shape index (κ3) is 11.6. The fraction of sp³-hybridized carbons (Fsp3) is 0.636. The number of amides is 1. The highest BCUT2D eigenvalue weighted by molar-refractivity contribution is 5.78. The molecule has 2 aliphatic heterocycles. The molecule has 10 nitrogen and oxygen atoms in total. The zero-order valence-corrected chi connectivity index (χ0v) is 20.6. The lowest BCUT2D eigenvalue weighted by Crippen LogP contribution is -2.60. The van der Waals surface area contributed by atoms with E-state index >= 15 is 0 Å². The van der Waals surface area contributed by atoms with Crippen molar-refractivity contribution in [1.82, 2.24) is 14.8 Å². The number of hydrogen-bond donors (Lipinski definition) is 2. The second-order valence-electron chi connectivity index (χ2n) is 8.68. The molecule has 1 atom stereocenters. The first-order valence-corrected chi connectivity index (χ1v) is 11.2. The van der Waals surface area contributed by atoms with Crippen LogP contribution in [-0.2, 0) is 30.4 Å². The number of halogens is 6. The molecular formula is C22H29F6N3O7. The van der Waals surface area contributed by atoms with Crippen molar-refractivity contribution in [2.45, 2.75) is 38.3 Å². The molecule has 0 saturated carbocycles. The summed E-state index contributed by atoms with van der Waals surface area (Å²) in [5, 5.41) is 14.2. The number of nitrogens with zero attached hydrogens (tertiary/aromatic N) is 3. The van der Waals surface area contributed by atoms with Gasteiger partial charge in [0.25, 0.3) is 0 Å². The Balaban J connectivity index is 0.000000426.